The van der Waals surface area contributed by atoms with Gasteiger partial charge in [-0.25, -0.2) is 0 Å². The first-order valence-corrected chi connectivity index (χ1v) is 10.9. The summed E-state index contributed by atoms with van der Waals surface area (Å²) in [4.78, 5) is 27.5. The van der Waals surface area contributed by atoms with Crippen LogP contribution in [0.25, 0.3) is 10.9 Å². The number of hydrogen-bond acceptors (Lipinski definition) is 4. The Balaban J connectivity index is 1.66. The van der Waals surface area contributed by atoms with Crippen LogP contribution >= 0.6 is 0 Å². The van der Waals surface area contributed by atoms with Crippen molar-refractivity contribution >= 4 is 28.4 Å². The number of fused-ring (bicyclic) bond motifs is 1. The minimum atomic E-state index is -0.207. The fraction of sp³-hybridized carbons (Fsp3) is 0.185. The molecule has 1 aromatic heterocycles. The van der Waals surface area contributed by atoms with E-state index in [0.717, 1.165) is 22.0 Å². The predicted molar refractivity (Wildman–Crippen MR) is 133 cm³/mol. The van der Waals surface area contributed by atoms with Crippen LogP contribution in [0, 0.1) is 0 Å². The number of aromatic nitrogens is 1. The van der Waals surface area contributed by atoms with Crippen molar-refractivity contribution in [1.82, 2.24) is 10.3 Å². The maximum absolute atomic E-state index is 13.0. The van der Waals surface area contributed by atoms with E-state index in [1.165, 1.54) is 6.92 Å². The lowest BCUT2D eigenvalue weighted by molar-refractivity contribution is -0.114. The van der Waals surface area contributed by atoms with Gasteiger partial charge in [-0.05, 0) is 42.0 Å². The number of rotatable bonds is 8. The molecule has 0 bridgehead atoms. The largest absolute Gasteiger partial charge is 0.493 e. The van der Waals surface area contributed by atoms with Crippen molar-refractivity contribution < 1.29 is 19.1 Å². The molecule has 0 aliphatic rings. The molecule has 7 nitrogen and oxygen atoms in total. The van der Waals surface area contributed by atoms with Crippen molar-refractivity contribution in [3.8, 4) is 11.5 Å². The van der Waals surface area contributed by atoms with Gasteiger partial charge in [-0.15, -0.1) is 0 Å². The minimum Gasteiger partial charge on any atom is -0.493 e. The molecule has 0 saturated carbocycles. The molecular formula is C27H27N3O4. The Kier molecular flexibility index (Phi) is 6.82. The van der Waals surface area contributed by atoms with Crippen molar-refractivity contribution in [3.63, 3.8) is 0 Å². The average molecular weight is 458 g/mol. The SMILES string of the molecule is COc1cccc(C(CNC(=O)c2ccc(NC(C)=O)cc2)c2c[nH]c3ccccc23)c1OC. The van der Waals surface area contributed by atoms with Gasteiger partial charge in [0.05, 0.1) is 14.2 Å². The number of nitrogens with one attached hydrogen (secondary N) is 3. The van der Waals surface area contributed by atoms with Crippen LogP contribution < -0.4 is 20.1 Å². The Morgan fingerprint density at radius 2 is 1.68 bits per heavy atom. The van der Waals surface area contributed by atoms with Gasteiger partial charge in [-0.3, -0.25) is 9.59 Å². The number of carbonyl (C=O) groups excluding carboxylic acids is 2. The maximum Gasteiger partial charge on any atom is 0.251 e. The summed E-state index contributed by atoms with van der Waals surface area (Å²) in [6, 6.07) is 20.6. The van der Waals surface area contributed by atoms with Gasteiger partial charge < -0.3 is 25.1 Å². The first-order valence-electron chi connectivity index (χ1n) is 10.9. The summed E-state index contributed by atoms with van der Waals surface area (Å²) in [6.07, 6.45) is 1.97. The maximum atomic E-state index is 13.0. The number of amides is 2. The second kappa shape index (κ2) is 10.1. The second-order valence-electron chi connectivity index (χ2n) is 7.89. The molecule has 3 N–H and O–H groups in total. The quantitative estimate of drug-likeness (QED) is 0.357. The van der Waals surface area contributed by atoms with Gasteiger partial charge in [0.1, 0.15) is 0 Å². The van der Waals surface area contributed by atoms with Gasteiger partial charge >= 0.3 is 0 Å². The van der Waals surface area contributed by atoms with Gasteiger partial charge in [0, 0.05) is 53.3 Å². The summed E-state index contributed by atoms with van der Waals surface area (Å²) < 4.78 is 11.2. The van der Waals surface area contributed by atoms with E-state index in [-0.39, 0.29) is 17.7 Å². The fourth-order valence-electron chi connectivity index (χ4n) is 4.16. The van der Waals surface area contributed by atoms with E-state index in [2.05, 4.69) is 21.7 Å². The number of carbonyl (C=O) groups is 2. The van der Waals surface area contributed by atoms with Crippen LogP contribution in [0.4, 0.5) is 5.69 Å². The molecule has 1 unspecified atom stereocenters. The van der Waals surface area contributed by atoms with Gasteiger partial charge in [0.15, 0.2) is 11.5 Å². The molecule has 2 amide bonds. The third-order valence-corrected chi connectivity index (χ3v) is 5.74. The number of ether oxygens (including phenoxy) is 2. The summed E-state index contributed by atoms with van der Waals surface area (Å²) in [5.41, 5.74) is 4.12. The monoisotopic (exact) mass is 457 g/mol. The number of H-pyrrole nitrogens is 1. The predicted octanol–water partition coefficient (Wildman–Crippen LogP) is 4.71. The summed E-state index contributed by atoms with van der Waals surface area (Å²) in [7, 11) is 3.22. The highest BCUT2D eigenvalue weighted by molar-refractivity contribution is 5.95. The van der Waals surface area contributed by atoms with Crippen LogP contribution in [-0.4, -0.2) is 37.6 Å². The number of para-hydroxylation sites is 2. The summed E-state index contributed by atoms with van der Waals surface area (Å²) in [5.74, 6) is 0.704. The lowest BCUT2D eigenvalue weighted by Crippen LogP contribution is -2.29. The van der Waals surface area contributed by atoms with Crippen molar-refractivity contribution in [3.05, 3.63) is 89.6 Å². The van der Waals surface area contributed by atoms with Crippen molar-refractivity contribution in [2.75, 3.05) is 26.1 Å². The number of anilines is 1. The van der Waals surface area contributed by atoms with Gasteiger partial charge in [0.25, 0.3) is 5.91 Å². The lowest BCUT2D eigenvalue weighted by atomic mass is 9.89. The van der Waals surface area contributed by atoms with Crippen LogP contribution in [-0.2, 0) is 4.79 Å². The molecule has 0 radical (unpaired) electrons. The number of hydrogen-bond donors (Lipinski definition) is 3. The van der Waals surface area contributed by atoms with E-state index in [0.29, 0.717) is 29.3 Å². The van der Waals surface area contributed by atoms with E-state index in [1.807, 2.05) is 42.6 Å². The van der Waals surface area contributed by atoms with Crippen LogP contribution in [0.15, 0.2) is 72.9 Å². The van der Waals surface area contributed by atoms with Crippen LogP contribution in [0.5, 0.6) is 11.5 Å². The second-order valence-corrected chi connectivity index (χ2v) is 7.89. The molecule has 1 heterocycles. The molecule has 0 saturated heterocycles. The van der Waals surface area contributed by atoms with Gasteiger partial charge in [0.2, 0.25) is 5.91 Å². The summed E-state index contributed by atoms with van der Waals surface area (Å²) in [5, 5.41) is 6.84. The van der Waals surface area contributed by atoms with E-state index in [4.69, 9.17) is 9.47 Å². The van der Waals surface area contributed by atoms with Crippen molar-refractivity contribution in [1.29, 1.82) is 0 Å². The minimum absolute atomic E-state index is 0.161. The fourth-order valence-corrected chi connectivity index (χ4v) is 4.16. The molecule has 7 heteroatoms. The van der Waals surface area contributed by atoms with Crippen LogP contribution in [0.1, 0.15) is 34.3 Å². The Hall–Kier alpha value is -4.26. The Morgan fingerprint density at radius 3 is 2.38 bits per heavy atom. The molecule has 4 aromatic rings. The highest BCUT2D eigenvalue weighted by atomic mass is 16.5. The normalized spacial score (nSPS) is 11.6. The van der Waals surface area contributed by atoms with Crippen LogP contribution in [0.2, 0.25) is 0 Å². The van der Waals surface area contributed by atoms with E-state index >= 15 is 0 Å². The van der Waals surface area contributed by atoms with Crippen molar-refractivity contribution in [2.45, 2.75) is 12.8 Å². The molecule has 3 aromatic carbocycles. The molecular weight excluding hydrogens is 430 g/mol. The zero-order chi connectivity index (χ0) is 24.1. The summed E-state index contributed by atoms with van der Waals surface area (Å²) >= 11 is 0. The zero-order valence-corrected chi connectivity index (χ0v) is 19.3. The van der Waals surface area contributed by atoms with Crippen LogP contribution in [0.3, 0.4) is 0 Å². The first kappa shape index (κ1) is 22.9. The number of methoxy groups -OCH3 is 2. The average Bonchev–Trinajstić information content (AvgIpc) is 3.28. The third kappa shape index (κ3) is 4.73. The molecule has 174 valence electrons. The number of aromatic amines is 1. The molecule has 34 heavy (non-hydrogen) atoms. The van der Waals surface area contributed by atoms with E-state index in [9.17, 15) is 9.59 Å². The van der Waals surface area contributed by atoms with Gasteiger partial charge in [-0.1, -0.05) is 30.3 Å². The molecule has 0 fully saturated rings. The molecule has 0 spiro atoms. The van der Waals surface area contributed by atoms with Gasteiger partial charge in [-0.2, -0.15) is 0 Å². The highest BCUT2D eigenvalue weighted by Gasteiger charge is 2.24. The first-order chi connectivity index (χ1) is 16.5. The molecule has 1 atom stereocenters. The Labute approximate surface area is 198 Å². The lowest BCUT2D eigenvalue weighted by Gasteiger charge is -2.22. The van der Waals surface area contributed by atoms with E-state index < -0.39 is 0 Å². The Morgan fingerprint density at radius 1 is 0.912 bits per heavy atom. The third-order valence-electron chi connectivity index (χ3n) is 5.74. The van der Waals surface area contributed by atoms with Crippen molar-refractivity contribution in [2.24, 2.45) is 0 Å². The standard InChI is InChI=1S/C27H27N3O4/c1-17(31)30-19-13-11-18(12-14-19)27(32)29-16-23(21-8-6-10-25(33-2)26(21)34-3)22-15-28-24-9-5-4-7-20(22)24/h4-15,23,28H,16H2,1-3H3,(H,29,32)(H,30,31). The number of benzene rings is 3. The topological polar surface area (TPSA) is 92.5 Å². The summed E-state index contributed by atoms with van der Waals surface area (Å²) in [6.45, 7) is 1.79. The highest BCUT2D eigenvalue weighted by Crippen LogP contribution is 2.40. The molecule has 0 aliphatic heterocycles. The molecule has 0 aliphatic carbocycles. The van der Waals surface area contributed by atoms with E-state index in [1.54, 1.807) is 38.5 Å². The smallest absolute Gasteiger partial charge is 0.251 e. The Bertz CT molecular complexity index is 1310. The zero-order valence-electron chi connectivity index (χ0n) is 19.3. The molecule has 4 rings (SSSR count).